The predicted octanol–water partition coefficient (Wildman–Crippen LogP) is 3.29. The zero-order chi connectivity index (χ0) is 20.8. The Morgan fingerprint density at radius 1 is 0.966 bits per heavy atom. The molecule has 0 radical (unpaired) electrons. The van der Waals surface area contributed by atoms with Crippen molar-refractivity contribution in [3.63, 3.8) is 0 Å². The second-order valence-corrected chi connectivity index (χ2v) is 8.39. The Labute approximate surface area is 174 Å². The number of rotatable bonds is 7. The van der Waals surface area contributed by atoms with Gasteiger partial charge in [-0.05, 0) is 56.8 Å². The number of benzene rings is 2. The lowest BCUT2D eigenvalue weighted by Gasteiger charge is -2.35. The number of ether oxygens (including phenoxy) is 1. The normalized spacial score (nSPS) is 20.0. The monoisotopic (exact) mass is 395 g/mol. The second-order valence-electron chi connectivity index (χ2n) is 8.39. The summed E-state index contributed by atoms with van der Waals surface area (Å²) in [4.78, 5) is 17.0. The van der Waals surface area contributed by atoms with Crippen molar-refractivity contribution in [2.75, 3.05) is 27.2 Å². The van der Waals surface area contributed by atoms with E-state index >= 15 is 0 Å². The largest absolute Gasteiger partial charge is 0.373 e. The Morgan fingerprint density at radius 2 is 1.52 bits per heavy atom. The first-order valence-corrected chi connectivity index (χ1v) is 10.4. The molecule has 2 atom stereocenters. The fourth-order valence-corrected chi connectivity index (χ4v) is 3.85. The molecule has 2 unspecified atom stereocenters. The van der Waals surface area contributed by atoms with E-state index in [4.69, 9.17) is 4.74 Å². The van der Waals surface area contributed by atoms with E-state index in [0.717, 1.165) is 31.7 Å². The molecule has 1 aliphatic rings. The predicted molar refractivity (Wildman–Crippen MR) is 117 cm³/mol. The number of morpholine rings is 1. The van der Waals surface area contributed by atoms with Crippen LogP contribution in [0.2, 0.25) is 0 Å². The van der Waals surface area contributed by atoms with Crippen molar-refractivity contribution < 1.29 is 9.53 Å². The molecule has 1 N–H and O–H groups in total. The molecule has 1 amide bonds. The number of hydrogen-bond donors (Lipinski definition) is 1. The maximum absolute atomic E-state index is 12.5. The molecule has 2 aromatic carbocycles. The zero-order valence-electron chi connectivity index (χ0n) is 18.0. The van der Waals surface area contributed by atoms with Gasteiger partial charge in [-0.25, -0.2) is 0 Å². The van der Waals surface area contributed by atoms with Crippen molar-refractivity contribution in [3.05, 3.63) is 70.8 Å². The van der Waals surface area contributed by atoms with Gasteiger partial charge in [0, 0.05) is 38.3 Å². The average molecular weight is 396 g/mol. The van der Waals surface area contributed by atoms with Gasteiger partial charge in [0.25, 0.3) is 5.91 Å². The molecule has 1 heterocycles. The summed E-state index contributed by atoms with van der Waals surface area (Å²) in [5.74, 6) is -0.0393. The number of carbonyl (C=O) groups excluding carboxylic acids is 1. The van der Waals surface area contributed by atoms with Crippen molar-refractivity contribution in [1.29, 1.82) is 0 Å². The summed E-state index contributed by atoms with van der Waals surface area (Å²) in [6, 6.07) is 16.3. The fraction of sp³-hybridized carbons (Fsp3) is 0.458. The molecule has 0 bridgehead atoms. The van der Waals surface area contributed by atoms with Gasteiger partial charge in [-0.1, -0.05) is 36.4 Å². The van der Waals surface area contributed by atoms with E-state index in [-0.39, 0.29) is 18.1 Å². The van der Waals surface area contributed by atoms with E-state index in [1.165, 1.54) is 11.1 Å². The topological polar surface area (TPSA) is 44.8 Å². The molecule has 0 aromatic heterocycles. The Hall–Kier alpha value is -2.21. The highest BCUT2D eigenvalue weighted by atomic mass is 16.5. The molecule has 2 aromatic rings. The molecule has 29 heavy (non-hydrogen) atoms. The molecule has 0 aliphatic carbocycles. The Bertz CT molecular complexity index is 777. The first-order valence-electron chi connectivity index (χ1n) is 10.4. The van der Waals surface area contributed by atoms with Gasteiger partial charge < -0.3 is 15.0 Å². The third-order valence-electron chi connectivity index (χ3n) is 5.09. The van der Waals surface area contributed by atoms with Crippen LogP contribution in [0.5, 0.6) is 0 Å². The maximum Gasteiger partial charge on any atom is 0.251 e. The smallest absolute Gasteiger partial charge is 0.251 e. The lowest BCUT2D eigenvalue weighted by atomic mass is 10.1. The molecule has 3 rings (SSSR count). The Kier molecular flexibility index (Phi) is 7.42. The summed E-state index contributed by atoms with van der Waals surface area (Å²) < 4.78 is 5.79. The number of hydrogen-bond acceptors (Lipinski definition) is 4. The van der Waals surface area contributed by atoms with E-state index in [2.05, 4.69) is 79.5 Å². The van der Waals surface area contributed by atoms with E-state index < -0.39 is 0 Å². The van der Waals surface area contributed by atoms with E-state index in [1.807, 2.05) is 12.1 Å². The van der Waals surface area contributed by atoms with Gasteiger partial charge in [0.15, 0.2) is 0 Å². The molecular formula is C24H33N3O2. The highest BCUT2D eigenvalue weighted by Gasteiger charge is 2.22. The van der Waals surface area contributed by atoms with Gasteiger partial charge in [0.05, 0.1) is 12.2 Å². The first-order chi connectivity index (χ1) is 13.9. The van der Waals surface area contributed by atoms with Crippen LogP contribution >= 0.6 is 0 Å². The van der Waals surface area contributed by atoms with Crippen molar-refractivity contribution in [3.8, 4) is 0 Å². The van der Waals surface area contributed by atoms with Gasteiger partial charge in [-0.3, -0.25) is 9.69 Å². The molecule has 1 fully saturated rings. The van der Waals surface area contributed by atoms with Crippen LogP contribution in [0.3, 0.4) is 0 Å². The van der Waals surface area contributed by atoms with Gasteiger partial charge in [-0.15, -0.1) is 0 Å². The minimum Gasteiger partial charge on any atom is -0.373 e. The quantitative estimate of drug-likeness (QED) is 0.781. The fourth-order valence-electron chi connectivity index (χ4n) is 3.85. The summed E-state index contributed by atoms with van der Waals surface area (Å²) >= 11 is 0. The molecule has 5 nitrogen and oxygen atoms in total. The standard InChI is InChI=1S/C24H33N3O2/c1-18-14-27(15-19(2)29-18)17-22-9-11-23(12-10-22)24(28)25-13-20-5-7-21(8-6-20)16-26(3)4/h5-12,18-19H,13-17H2,1-4H3,(H,25,28). The van der Waals surface area contributed by atoms with Crippen LogP contribution in [-0.2, 0) is 24.4 Å². The summed E-state index contributed by atoms with van der Waals surface area (Å²) in [5, 5.41) is 3.01. The minimum absolute atomic E-state index is 0.0393. The SMILES string of the molecule is CC1CN(Cc2ccc(C(=O)NCc3ccc(CN(C)C)cc3)cc2)CC(C)O1. The first kappa shape index (κ1) is 21.5. The van der Waals surface area contributed by atoms with Crippen molar-refractivity contribution in [2.24, 2.45) is 0 Å². The van der Waals surface area contributed by atoms with Gasteiger partial charge in [0.2, 0.25) is 0 Å². The van der Waals surface area contributed by atoms with E-state index in [9.17, 15) is 4.79 Å². The summed E-state index contributed by atoms with van der Waals surface area (Å²) in [5.41, 5.74) is 4.29. The highest BCUT2D eigenvalue weighted by molar-refractivity contribution is 5.94. The van der Waals surface area contributed by atoms with Crippen LogP contribution in [0.4, 0.5) is 0 Å². The van der Waals surface area contributed by atoms with E-state index in [0.29, 0.717) is 12.1 Å². The number of nitrogens with zero attached hydrogens (tertiary/aromatic N) is 2. The lowest BCUT2D eigenvalue weighted by molar-refractivity contribution is -0.0704. The maximum atomic E-state index is 12.5. The average Bonchev–Trinajstić information content (AvgIpc) is 2.66. The lowest BCUT2D eigenvalue weighted by Crippen LogP contribution is -2.44. The number of amides is 1. The third kappa shape index (κ3) is 6.67. The molecule has 1 saturated heterocycles. The van der Waals surface area contributed by atoms with Crippen LogP contribution in [0, 0.1) is 0 Å². The Balaban J connectivity index is 1.50. The van der Waals surface area contributed by atoms with Crippen molar-refractivity contribution >= 4 is 5.91 Å². The summed E-state index contributed by atoms with van der Waals surface area (Å²) in [7, 11) is 4.11. The van der Waals surface area contributed by atoms with Crippen LogP contribution in [0.15, 0.2) is 48.5 Å². The van der Waals surface area contributed by atoms with Crippen LogP contribution < -0.4 is 5.32 Å². The van der Waals surface area contributed by atoms with Crippen LogP contribution in [0.1, 0.15) is 40.9 Å². The summed E-state index contributed by atoms with van der Waals surface area (Å²) in [6.07, 6.45) is 0.529. The minimum atomic E-state index is -0.0393. The van der Waals surface area contributed by atoms with Gasteiger partial charge in [-0.2, -0.15) is 0 Å². The second kappa shape index (κ2) is 10.0. The van der Waals surface area contributed by atoms with Crippen LogP contribution in [-0.4, -0.2) is 55.1 Å². The molecule has 0 spiro atoms. The molecule has 1 aliphatic heterocycles. The molecule has 0 saturated carbocycles. The number of nitrogens with one attached hydrogen (secondary N) is 1. The van der Waals surface area contributed by atoms with Crippen LogP contribution in [0.25, 0.3) is 0 Å². The number of carbonyl (C=O) groups is 1. The molecule has 5 heteroatoms. The molecule has 156 valence electrons. The van der Waals surface area contributed by atoms with Crippen molar-refractivity contribution in [1.82, 2.24) is 15.1 Å². The zero-order valence-corrected chi connectivity index (χ0v) is 18.0. The van der Waals surface area contributed by atoms with Gasteiger partial charge in [0.1, 0.15) is 0 Å². The summed E-state index contributed by atoms with van der Waals surface area (Å²) in [6.45, 7) is 8.46. The van der Waals surface area contributed by atoms with E-state index in [1.54, 1.807) is 0 Å². The van der Waals surface area contributed by atoms with Gasteiger partial charge >= 0.3 is 0 Å². The molecular weight excluding hydrogens is 362 g/mol. The van der Waals surface area contributed by atoms with Crippen molar-refractivity contribution in [2.45, 2.75) is 45.7 Å². The Morgan fingerprint density at radius 3 is 2.10 bits per heavy atom. The third-order valence-corrected chi connectivity index (χ3v) is 5.09. The highest BCUT2D eigenvalue weighted by Crippen LogP contribution is 2.15.